The molecular weight excluding hydrogens is 381 g/mol. The van der Waals surface area contributed by atoms with E-state index in [2.05, 4.69) is 17.1 Å². The Balaban J connectivity index is 1.99. The molecule has 7 heteroatoms. The Morgan fingerprint density at radius 1 is 1.10 bits per heavy atom. The maximum atomic E-state index is 12.8. The lowest BCUT2D eigenvalue weighted by molar-refractivity contribution is -0.137. The minimum absolute atomic E-state index is 0.114. The second-order valence-corrected chi connectivity index (χ2v) is 7.91. The quantitative estimate of drug-likeness (QED) is 0.517. The van der Waals surface area contributed by atoms with Gasteiger partial charge in [-0.3, -0.25) is 4.79 Å². The standard InChI is InChI=1S/C22H33F3N2O2/c1-2-3-4-5-6-9-20(28)26-19(16-27-14-7-8-15-27)21(29)17-10-12-18(13-11-17)22(23,24)25/h10-13,19,21,29H,2-9,14-16H2,1H3,(H,26,28)/t19-,21-/m1/s1. The van der Waals surface area contributed by atoms with Gasteiger partial charge in [0.2, 0.25) is 5.91 Å². The fourth-order valence-corrected chi connectivity index (χ4v) is 3.74. The molecule has 1 aromatic carbocycles. The molecule has 0 saturated carbocycles. The molecular formula is C22H33F3N2O2. The number of unbranched alkanes of at least 4 members (excludes halogenated alkanes) is 4. The third kappa shape index (κ3) is 7.97. The number of nitrogens with zero attached hydrogens (tertiary/aromatic N) is 1. The van der Waals surface area contributed by atoms with E-state index in [4.69, 9.17) is 0 Å². The number of aliphatic hydroxyl groups excluding tert-OH is 1. The Hall–Kier alpha value is -1.60. The van der Waals surface area contributed by atoms with E-state index in [0.29, 0.717) is 18.5 Å². The van der Waals surface area contributed by atoms with E-state index in [-0.39, 0.29) is 5.91 Å². The van der Waals surface area contributed by atoms with Gasteiger partial charge in [-0.25, -0.2) is 0 Å². The highest BCUT2D eigenvalue weighted by molar-refractivity contribution is 5.76. The summed E-state index contributed by atoms with van der Waals surface area (Å²) in [7, 11) is 0. The van der Waals surface area contributed by atoms with E-state index in [0.717, 1.165) is 70.2 Å². The molecule has 0 unspecified atom stereocenters. The van der Waals surface area contributed by atoms with Crippen molar-refractivity contribution in [2.75, 3.05) is 19.6 Å². The number of halogens is 3. The number of amides is 1. The summed E-state index contributed by atoms with van der Waals surface area (Å²) in [5.74, 6) is -0.114. The zero-order valence-electron chi connectivity index (χ0n) is 17.2. The Bertz CT molecular complexity index is 613. The molecule has 1 amide bonds. The van der Waals surface area contributed by atoms with E-state index in [1.807, 2.05) is 0 Å². The first kappa shape index (κ1) is 23.7. The predicted octanol–water partition coefficient (Wildman–Crippen LogP) is 4.68. The zero-order chi connectivity index (χ0) is 21.3. The minimum Gasteiger partial charge on any atom is -0.386 e. The van der Waals surface area contributed by atoms with E-state index in [1.165, 1.54) is 12.1 Å². The molecule has 29 heavy (non-hydrogen) atoms. The SMILES string of the molecule is CCCCCCCC(=O)N[C@H](CN1CCCC1)[C@H](O)c1ccc(C(F)(F)F)cc1. The first-order chi connectivity index (χ1) is 13.8. The van der Waals surface area contributed by atoms with Crippen LogP contribution in [0.15, 0.2) is 24.3 Å². The van der Waals surface area contributed by atoms with Crippen LogP contribution >= 0.6 is 0 Å². The largest absolute Gasteiger partial charge is 0.416 e. The van der Waals surface area contributed by atoms with E-state index >= 15 is 0 Å². The molecule has 1 aliphatic heterocycles. The molecule has 164 valence electrons. The molecule has 1 fully saturated rings. The lowest BCUT2D eigenvalue weighted by Crippen LogP contribution is -2.46. The highest BCUT2D eigenvalue weighted by atomic mass is 19.4. The maximum Gasteiger partial charge on any atom is 0.416 e. The minimum atomic E-state index is -4.41. The van der Waals surface area contributed by atoms with Gasteiger partial charge in [-0.2, -0.15) is 13.2 Å². The number of hydrogen-bond donors (Lipinski definition) is 2. The highest BCUT2D eigenvalue weighted by Crippen LogP contribution is 2.30. The molecule has 1 saturated heterocycles. The molecule has 2 rings (SSSR count). The van der Waals surface area contributed by atoms with Gasteiger partial charge < -0.3 is 15.3 Å². The number of alkyl halides is 3. The summed E-state index contributed by atoms with van der Waals surface area (Å²) in [4.78, 5) is 14.6. The third-order valence-corrected chi connectivity index (χ3v) is 5.47. The van der Waals surface area contributed by atoms with Crippen molar-refractivity contribution in [3.05, 3.63) is 35.4 Å². The predicted molar refractivity (Wildman–Crippen MR) is 107 cm³/mol. The normalized spacial score (nSPS) is 17.3. The fraction of sp³-hybridized carbons (Fsp3) is 0.682. The van der Waals surface area contributed by atoms with E-state index in [9.17, 15) is 23.1 Å². The Kier molecular flexibility index (Phi) is 9.43. The van der Waals surface area contributed by atoms with Crippen LogP contribution in [-0.2, 0) is 11.0 Å². The van der Waals surface area contributed by atoms with Crippen LogP contribution < -0.4 is 5.32 Å². The number of hydrogen-bond acceptors (Lipinski definition) is 3. The molecule has 0 spiro atoms. The Morgan fingerprint density at radius 2 is 1.72 bits per heavy atom. The van der Waals surface area contributed by atoms with Gasteiger partial charge in [0.05, 0.1) is 11.6 Å². The number of rotatable bonds is 11. The molecule has 2 N–H and O–H groups in total. The van der Waals surface area contributed by atoms with Crippen LogP contribution in [0.25, 0.3) is 0 Å². The molecule has 2 atom stereocenters. The van der Waals surface area contributed by atoms with Gasteiger partial charge in [-0.05, 0) is 50.0 Å². The second kappa shape index (κ2) is 11.6. The number of carbonyl (C=O) groups is 1. The van der Waals surface area contributed by atoms with E-state index < -0.39 is 23.9 Å². The average Bonchev–Trinajstić information content (AvgIpc) is 3.19. The Labute approximate surface area is 171 Å². The van der Waals surface area contributed by atoms with Crippen molar-refractivity contribution in [2.45, 2.75) is 76.6 Å². The van der Waals surface area contributed by atoms with E-state index in [1.54, 1.807) is 0 Å². The summed E-state index contributed by atoms with van der Waals surface area (Å²) in [6.07, 6.45) is 2.30. The van der Waals surface area contributed by atoms with Crippen LogP contribution in [0.3, 0.4) is 0 Å². The second-order valence-electron chi connectivity index (χ2n) is 7.91. The number of benzene rings is 1. The third-order valence-electron chi connectivity index (χ3n) is 5.47. The number of nitrogens with one attached hydrogen (secondary N) is 1. The molecule has 1 aromatic rings. The lowest BCUT2D eigenvalue weighted by atomic mass is 9.99. The summed E-state index contributed by atoms with van der Waals surface area (Å²) < 4.78 is 38.4. The van der Waals surface area contributed by atoms with Gasteiger partial charge in [0.1, 0.15) is 6.10 Å². The zero-order valence-corrected chi connectivity index (χ0v) is 17.2. The topological polar surface area (TPSA) is 52.6 Å². The molecule has 1 heterocycles. The molecule has 0 bridgehead atoms. The van der Waals surface area contributed by atoms with Crippen molar-refractivity contribution < 1.29 is 23.1 Å². The lowest BCUT2D eigenvalue weighted by Gasteiger charge is -2.29. The number of likely N-dealkylation sites (tertiary alicyclic amines) is 1. The molecule has 0 aromatic heterocycles. The molecule has 4 nitrogen and oxygen atoms in total. The monoisotopic (exact) mass is 414 g/mol. The van der Waals surface area contributed by atoms with Crippen LogP contribution in [0.2, 0.25) is 0 Å². The first-order valence-electron chi connectivity index (χ1n) is 10.7. The summed E-state index contributed by atoms with van der Waals surface area (Å²) in [5, 5.41) is 13.7. The Morgan fingerprint density at radius 3 is 2.31 bits per heavy atom. The van der Waals surface area contributed by atoms with Gasteiger partial charge in [-0.15, -0.1) is 0 Å². The molecule has 0 radical (unpaired) electrons. The van der Waals surface area contributed by atoms with Crippen molar-refractivity contribution in [1.82, 2.24) is 10.2 Å². The average molecular weight is 415 g/mol. The highest BCUT2D eigenvalue weighted by Gasteiger charge is 2.31. The van der Waals surface area contributed by atoms with Gasteiger partial charge in [0.15, 0.2) is 0 Å². The van der Waals surface area contributed by atoms with Crippen LogP contribution in [-0.4, -0.2) is 41.6 Å². The van der Waals surface area contributed by atoms with Crippen molar-refractivity contribution in [3.63, 3.8) is 0 Å². The van der Waals surface area contributed by atoms with Gasteiger partial charge >= 0.3 is 6.18 Å². The van der Waals surface area contributed by atoms with Crippen LogP contribution in [0.1, 0.15) is 75.5 Å². The van der Waals surface area contributed by atoms with Gasteiger partial charge in [0, 0.05) is 13.0 Å². The van der Waals surface area contributed by atoms with Crippen LogP contribution in [0, 0.1) is 0 Å². The van der Waals surface area contributed by atoms with Crippen molar-refractivity contribution in [2.24, 2.45) is 0 Å². The molecule has 1 aliphatic rings. The van der Waals surface area contributed by atoms with Gasteiger partial charge in [-0.1, -0.05) is 44.7 Å². The first-order valence-corrected chi connectivity index (χ1v) is 10.7. The van der Waals surface area contributed by atoms with Crippen molar-refractivity contribution in [1.29, 1.82) is 0 Å². The summed E-state index contributed by atoms with van der Waals surface area (Å²) in [6, 6.07) is 3.98. The van der Waals surface area contributed by atoms with Crippen LogP contribution in [0.5, 0.6) is 0 Å². The molecule has 0 aliphatic carbocycles. The van der Waals surface area contributed by atoms with Gasteiger partial charge in [0.25, 0.3) is 0 Å². The van der Waals surface area contributed by atoms with Crippen LogP contribution in [0.4, 0.5) is 13.2 Å². The van der Waals surface area contributed by atoms with Crippen molar-refractivity contribution >= 4 is 5.91 Å². The number of aliphatic hydroxyl groups is 1. The fourth-order valence-electron chi connectivity index (χ4n) is 3.74. The van der Waals surface area contributed by atoms with Crippen molar-refractivity contribution in [3.8, 4) is 0 Å². The summed E-state index contributed by atoms with van der Waals surface area (Å²) >= 11 is 0. The summed E-state index contributed by atoms with van der Waals surface area (Å²) in [6.45, 7) is 4.44. The maximum absolute atomic E-state index is 12.8. The summed E-state index contributed by atoms with van der Waals surface area (Å²) in [5.41, 5.74) is -0.369. The smallest absolute Gasteiger partial charge is 0.386 e. The number of carbonyl (C=O) groups excluding carboxylic acids is 1.